The summed E-state index contributed by atoms with van der Waals surface area (Å²) in [6.07, 6.45) is 7.61. The molecule has 82 valence electrons. The lowest BCUT2D eigenvalue weighted by Crippen LogP contribution is -2.42. The molecule has 2 rings (SSSR count). The molecule has 0 aromatic rings. The number of ether oxygens (including phenoxy) is 1. The van der Waals surface area contributed by atoms with Crippen molar-refractivity contribution in [3.8, 4) is 0 Å². The van der Waals surface area contributed by atoms with Crippen LogP contribution in [-0.4, -0.2) is 42.5 Å². The van der Waals surface area contributed by atoms with Crippen molar-refractivity contribution in [2.75, 3.05) is 25.4 Å². The molecule has 2 fully saturated rings. The molecule has 0 aromatic carbocycles. The maximum Gasteiger partial charge on any atom is 0.0707 e. The van der Waals surface area contributed by atoms with E-state index in [1.807, 2.05) is 0 Å². The first-order chi connectivity index (χ1) is 6.88. The monoisotopic (exact) mass is 215 g/mol. The van der Waals surface area contributed by atoms with Gasteiger partial charge in [-0.2, -0.15) is 12.6 Å². The van der Waals surface area contributed by atoms with Crippen molar-refractivity contribution in [2.24, 2.45) is 0 Å². The van der Waals surface area contributed by atoms with Crippen LogP contribution in [0.5, 0.6) is 0 Å². The highest BCUT2D eigenvalue weighted by atomic mass is 32.1. The van der Waals surface area contributed by atoms with E-state index in [1.54, 1.807) is 0 Å². The summed E-state index contributed by atoms with van der Waals surface area (Å²) in [7, 11) is 0. The van der Waals surface area contributed by atoms with Crippen molar-refractivity contribution in [1.29, 1.82) is 0 Å². The van der Waals surface area contributed by atoms with Crippen molar-refractivity contribution >= 4 is 12.6 Å². The number of morpholine rings is 1. The molecule has 0 N–H and O–H groups in total. The molecule has 2 aliphatic heterocycles. The zero-order valence-electron chi connectivity index (χ0n) is 8.82. The van der Waals surface area contributed by atoms with Crippen LogP contribution in [0.1, 0.15) is 32.1 Å². The number of fused-ring (bicyclic) bond motifs is 2. The van der Waals surface area contributed by atoms with Gasteiger partial charge >= 0.3 is 0 Å². The molecule has 0 radical (unpaired) electrons. The van der Waals surface area contributed by atoms with Crippen molar-refractivity contribution in [3.05, 3.63) is 0 Å². The van der Waals surface area contributed by atoms with Crippen molar-refractivity contribution in [1.82, 2.24) is 4.90 Å². The summed E-state index contributed by atoms with van der Waals surface area (Å²) in [5.74, 6) is 1.04. The van der Waals surface area contributed by atoms with Crippen molar-refractivity contribution < 1.29 is 4.74 Å². The molecule has 2 atom stereocenters. The van der Waals surface area contributed by atoms with Crippen LogP contribution in [-0.2, 0) is 4.74 Å². The van der Waals surface area contributed by atoms with Gasteiger partial charge in [-0.05, 0) is 38.0 Å². The van der Waals surface area contributed by atoms with Gasteiger partial charge in [-0.1, -0.05) is 6.42 Å². The SMILES string of the molecule is SCCCCCN1CC2CCC(C1)O2. The molecule has 2 aliphatic rings. The lowest BCUT2D eigenvalue weighted by Gasteiger charge is -2.31. The van der Waals surface area contributed by atoms with Gasteiger partial charge in [-0.3, -0.25) is 4.90 Å². The second-order valence-electron chi connectivity index (χ2n) is 4.50. The Morgan fingerprint density at radius 2 is 1.79 bits per heavy atom. The fourth-order valence-corrected chi connectivity index (χ4v) is 2.73. The molecule has 3 heteroatoms. The number of rotatable bonds is 5. The Hall–Kier alpha value is 0.270. The highest BCUT2D eigenvalue weighted by molar-refractivity contribution is 7.80. The number of likely N-dealkylation sites (tertiary alicyclic amines) is 1. The molecule has 14 heavy (non-hydrogen) atoms. The van der Waals surface area contributed by atoms with Gasteiger partial charge in [0, 0.05) is 13.1 Å². The number of hydrogen-bond acceptors (Lipinski definition) is 3. The quantitative estimate of drug-likeness (QED) is 0.556. The minimum absolute atomic E-state index is 0.554. The summed E-state index contributed by atoms with van der Waals surface area (Å²) >= 11 is 4.23. The molecule has 0 aromatic heterocycles. The average molecular weight is 215 g/mol. The normalized spacial score (nSPS) is 32.4. The maximum absolute atomic E-state index is 5.80. The van der Waals surface area contributed by atoms with Gasteiger partial charge in [-0.15, -0.1) is 0 Å². The predicted octanol–water partition coefficient (Wildman–Crippen LogP) is 1.95. The second-order valence-corrected chi connectivity index (χ2v) is 4.95. The smallest absolute Gasteiger partial charge is 0.0707 e. The molecule has 0 spiro atoms. The van der Waals surface area contributed by atoms with Crippen LogP contribution in [0.2, 0.25) is 0 Å². The summed E-state index contributed by atoms with van der Waals surface area (Å²) in [6, 6.07) is 0. The van der Waals surface area contributed by atoms with Gasteiger partial charge in [0.05, 0.1) is 12.2 Å². The summed E-state index contributed by atoms with van der Waals surface area (Å²) < 4.78 is 5.80. The molecule has 2 unspecified atom stereocenters. The highest BCUT2D eigenvalue weighted by Gasteiger charge is 2.32. The van der Waals surface area contributed by atoms with Crippen LogP contribution in [0.25, 0.3) is 0 Å². The van der Waals surface area contributed by atoms with E-state index < -0.39 is 0 Å². The fraction of sp³-hybridized carbons (Fsp3) is 1.00. The third-order valence-corrected chi connectivity index (χ3v) is 3.57. The molecule has 0 aliphatic carbocycles. The van der Waals surface area contributed by atoms with Gasteiger partial charge in [0.25, 0.3) is 0 Å². The number of hydrogen-bond donors (Lipinski definition) is 1. The molecule has 0 amide bonds. The Balaban J connectivity index is 1.62. The third-order valence-electron chi connectivity index (χ3n) is 3.25. The predicted molar refractivity (Wildman–Crippen MR) is 62.0 cm³/mol. The summed E-state index contributed by atoms with van der Waals surface area (Å²) in [5, 5.41) is 0. The number of unbranched alkanes of at least 4 members (excludes halogenated alkanes) is 2. The van der Waals surface area contributed by atoms with Crippen molar-refractivity contribution in [2.45, 2.75) is 44.3 Å². The zero-order chi connectivity index (χ0) is 9.80. The first-order valence-corrected chi connectivity index (χ1v) is 6.50. The van der Waals surface area contributed by atoms with Gasteiger partial charge in [0.1, 0.15) is 0 Å². The molecule has 2 bridgehead atoms. The van der Waals surface area contributed by atoms with Gasteiger partial charge < -0.3 is 4.74 Å². The van der Waals surface area contributed by atoms with E-state index in [9.17, 15) is 0 Å². The zero-order valence-corrected chi connectivity index (χ0v) is 9.72. The lowest BCUT2D eigenvalue weighted by atomic mass is 10.2. The van der Waals surface area contributed by atoms with Crippen LogP contribution >= 0.6 is 12.6 Å². The topological polar surface area (TPSA) is 12.5 Å². The standard InChI is InChI=1S/C11H21NOS/c14-7-3-1-2-6-12-8-10-4-5-11(9-12)13-10/h10-11,14H,1-9H2. The average Bonchev–Trinajstić information content (AvgIpc) is 2.53. The maximum atomic E-state index is 5.80. The van der Waals surface area contributed by atoms with E-state index in [1.165, 1.54) is 51.7 Å². The minimum Gasteiger partial charge on any atom is -0.372 e. The Kier molecular flexibility index (Phi) is 4.14. The largest absolute Gasteiger partial charge is 0.372 e. The summed E-state index contributed by atoms with van der Waals surface area (Å²) in [6.45, 7) is 3.62. The van der Waals surface area contributed by atoms with Crippen molar-refractivity contribution in [3.63, 3.8) is 0 Å². The number of nitrogens with zero attached hydrogens (tertiary/aromatic N) is 1. The van der Waals surface area contributed by atoms with E-state index in [0.717, 1.165) is 5.75 Å². The summed E-state index contributed by atoms with van der Waals surface area (Å²) in [5.41, 5.74) is 0. The van der Waals surface area contributed by atoms with Gasteiger partial charge in [-0.25, -0.2) is 0 Å². The van der Waals surface area contributed by atoms with Crippen LogP contribution < -0.4 is 0 Å². The number of thiol groups is 1. The van der Waals surface area contributed by atoms with Gasteiger partial charge in [0.15, 0.2) is 0 Å². The van der Waals surface area contributed by atoms with Crippen LogP contribution in [0, 0.1) is 0 Å². The van der Waals surface area contributed by atoms with E-state index >= 15 is 0 Å². The minimum atomic E-state index is 0.554. The van der Waals surface area contributed by atoms with E-state index in [-0.39, 0.29) is 0 Å². The Morgan fingerprint density at radius 1 is 1.07 bits per heavy atom. The third kappa shape index (κ3) is 2.88. The molecule has 0 saturated carbocycles. The lowest BCUT2D eigenvalue weighted by molar-refractivity contribution is -0.0385. The second kappa shape index (κ2) is 5.38. The highest BCUT2D eigenvalue weighted by Crippen LogP contribution is 2.26. The van der Waals surface area contributed by atoms with E-state index in [2.05, 4.69) is 17.5 Å². The van der Waals surface area contributed by atoms with Crippen LogP contribution in [0.4, 0.5) is 0 Å². The van der Waals surface area contributed by atoms with E-state index in [4.69, 9.17) is 4.74 Å². The summed E-state index contributed by atoms with van der Waals surface area (Å²) in [4.78, 5) is 2.59. The molecule has 2 heterocycles. The fourth-order valence-electron chi connectivity index (χ4n) is 2.51. The van der Waals surface area contributed by atoms with Crippen LogP contribution in [0.3, 0.4) is 0 Å². The van der Waals surface area contributed by atoms with Gasteiger partial charge in [0.2, 0.25) is 0 Å². The Morgan fingerprint density at radius 3 is 2.43 bits per heavy atom. The van der Waals surface area contributed by atoms with E-state index in [0.29, 0.717) is 12.2 Å². The molecule has 2 saturated heterocycles. The van der Waals surface area contributed by atoms with Crippen LogP contribution in [0.15, 0.2) is 0 Å². The molecule has 2 nitrogen and oxygen atoms in total. The first kappa shape index (κ1) is 10.8. The first-order valence-electron chi connectivity index (χ1n) is 5.87. The Bertz CT molecular complexity index is 165. The Labute approximate surface area is 92.4 Å². The molecular formula is C11H21NOS. The molecular weight excluding hydrogens is 194 g/mol.